The van der Waals surface area contributed by atoms with E-state index in [0.29, 0.717) is 11.5 Å². The highest BCUT2D eigenvalue weighted by atomic mass is 32.1. The van der Waals surface area contributed by atoms with Crippen molar-refractivity contribution in [3.8, 4) is 0 Å². The Morgan fingerprint density at radius 3 is 2.92 bits per heavy atom. The standard InChI is InChI=1S/C7H8N2O3S/c1-2-12-7(8)5-3-4-6(13-5)9(10)11/h3-4,8H,2H2,1H3. The van der Waals surface area contributed by atoms with E-state index in [1.54, 1.807) is 6.92 Å². The largest absolute Gasteiger partial charge is 0.477 e. The molecule has 13 heavy (non-hydrogen) atoms. The number of nitrogens with zero attached hydrogens (tertiary/aromatic N) is 1. The van der Waals surface area contributed by atoms with Crippen LogP contribution in [0.4, 0.5) is 5.00 Å². The second kappa shape index (κ2) is 3.99. The van der Waals surface area contributed by atoms with Crippen molar-refractivity contribution in [2.24, 2.45) is 0 Å². The van der Waals surface area contributed by atoms with Crippen molar-refractivity contribution in [2.45, 2.75) is 6.92 Å². The maximum atomic E-state index is 10.3. The van der Waals surface area contributed by atoms with Gasteiger partial charge in [-0.15, -0.1) is 0 Å². The Morgan fingerprint density at radius 2 is 2.46 bits per heavy atom. The third-order valence-electron chi connectivity index (χ3n) is 1.28. The molecule has 0 atom stereocenters. The lowest BCUT2D eigenvalue weighted by Crippen LogP contribution is -2.01. The zero-order valence-electron chi connectivity index (χ0n) is 6.94. The van der Waals surface area contributed by atoms with Crippen LogP contribution in [0.2, 0.25) is 0 Å². The topological polar surface area (TPSA) is 76.2 Å². The molecule has 0 unspecified atom stereocenters. The van der Waals surface area contributed by atoms with E-state index in [1.807, 2.05) is 0 Å². The first-order valence-corrected chi connectivity index (χ1v) is 4.42. The minimum atomic E-state index is -0.479. The Morgan fingerprint density at radius 1 is 1.77 bits per heavy atom. The maximum Gasteiger partial charge on any atom is 0.324 e. The highest BCUT2D eigenvalue weighted by molar-refractivity contribution is 7.17. The first-order chi connectivity index (χ1) is 6.15. The third-order valence-corrected chi connectivity index (χ3v) is 2.32. The summed E-state index contributed by atoms with van der Waals surface area (Å²) < 4.78 is 4.89. The van der Waals surface area contributed by atoms with Crippen LogP contribution < -0.4 is 0 Å². The first kappa shape index (κ1) is 9.66. The molecule has 1 aromatic heterocycles. The first-order valence-electron chi connectivity index (χ1n) is 3.61. The summed E-state index contributed by atoms with van der Waals surface area (Å²) in [5.41, 5.74) is 0. The van der Waals surface area contributed by atoms with Gasteiger partial charge in [0.2, 0.25) is 5.90 Å². The fourth-order valence-corrected chi connectivity index (χ4v) is 1.49. The molecule has 0 saturated heterocycles. The molecule has 0 fully saturated rings. The number of thiophene rings is 1. The summed E-state index contributed by atoms with van der Waals surface area (Å²) in [6.45, 7) is 2.15. The lowest BCUT2D eigenvalue weighted by atomic mass is 10.4. The Balaban J connectivity index is 2.79. The fraction of sp³-hybridized carbons (Fsp3) is 0.286. The number of nitro groups is 1. The number of rotatable bonds is 3. The van der Waals surface area contributed by atoms with E-state index in [2.05, 4.69) is 0 Å². The SMILES string of the molecule is CCOC(=N)c1ccc([N+](=O)[O-])s1. The second-order valence-corrected chi connectivity index (χ2v) is 3.22. The molecule has 0 aliphatic carbocycles. The van der Waals surface area contributed by atoms with Crippen molar-refractivity contribution in [1.82, 2.24) is 0 Å². The van der Waals surface area contributed by atoms with E-state index < -0.39 is 4.92 Å². The van der Waals surface area contributed by atoms with E-state index in [1.165, 1.54) is 12.1 Å². The van der Waals surface area contributed by atoms with E-state index >= 15 is 0 Å². The molecule has 0 bridgehead atoms. The summed E-state index contributed by atoms with van der Waals surface area (Å²) in [5.74, 6) is -0.0133. The predicted octanol–water partition coefficient (Wildman–Crippen LogP) is 2.02. The maximum absolute atomic E-state index is 10.3. The van der Waals surface area contributed by atoms with Gasteiger partial charge in [0.1, 0.15) is 0 Å². The van der Waals surface area contributed by atoms with Crippen molar-refractivity contribution < 1.29 is 9.66 Å². The average Bonchev–Trinajstić information content (AvgIpc) is 2.52. The molecule has 0 aliphatic rings. The zero-order valence-corrected chi connectivity index (χ0v) is 7.76. The van der Waals surface area contributed by atoms with Crippen molar-refractivity contribution >= 4 is 22.2 Å². The Hall–Kier alpha value is -1.43. The molecule has 0 aromatic carbocycles. The molecule has 70 valence electrons. The van der Waals surface area contributed by atoms with Gasteiger partial charge in [0.15, 0.2) is 0 Å². The van der Waals surface area contributed by atoms with Crippen LogP contribution in [0.15, 0.2) is 12.1 Å². The Bertz CT molecular complexity index is 334. The van der Waals surface area contributed by atoms with Crippen LogP contribution >= 0.6 is 11.3 Å². The molecule has 1 aromatic rings. The Labute approximate surface area is 78.6 Å². The molecule has 0 saturated carbocycles. The number of nitrogens with one attached hydrogen (secondary N) is 1. The van der Waals surface area contributed by atoms with Gasteiger partial charge < -0.3 is 4.74 Å². The summed E-state index contributed by atoms with van der Waals surface area (Å²) >= 11 is 0.940. The molecule has 5 nitrogen and oxygen atoms in total. The summed E-state index contributed by atoms with van der Waals surface area (Å²) in [5, 5.41) is 17.7. The number of ether oxygens (including phenoxy) is 1. The molecule has 0 radical (unpaired) electrons. The minimum absolute atomic E-state index is 0.0133. The van der Waals surface area contributed by atoms with Gasteiger partial charge in [0.05, 0.1) is 16.4 Å². The molecular formula is C7H8N2O3S. The highest BCUT2D eigenvalue weighted by Gasteiger charge is 2.12. The van der Waals surface area contributed by atoms with Crippen LogP contribution in [0.3, 0.4) is 0 Å². The monoisotopic (exact) mass is 200 g/mol. The van der Waals surface area contributed by atoms with Crippen LogP contribution in [-0.2, 0) is 4.74 Å². The highest BCUT2D eigenvalue weighted by Crippen LogP contribution is 2.24. The van der Waals surface area contributed by atoms with Crippen LogP contribution in [0.5, 0.6) is 0 Å². The fourth-order valence-electron chi connectivity index (χ4n) is 0.763. The van der Waals surface area contributed by atoms with Gasteiger partial charge in [-0.2, -0.15) is 0 Å². The summed E-state index contributed by atoms with van der Waals surface area (Å²) in [7, 11) is 0. The third kappa shape index (κ3) is 2.25. The quantitative estimate of drug-likeness (QED) is 0.351. The van der Waals surface area contributed by atoms with Gasteiger partial charge >= 0.3 is 5.00 Å². The van der Waals surface area contributed by atoms with Gasteiger partial charge in [0.25, 0.3) is 0 Å². The summed E-state index contributed by atoms with van der Waals surface area (Å²) in [6, 6.07) is 2.88. The predicted molar refractivity (Wildman–Crippen MR) is 49.4 cm³/mol. The molecule has 0 amide bonds. The van der Waals surface area contributed by atoms with E-state index in [4.69, 9.17) is 10.1 Å². The van der Waals surface area contributed by atoms with Crippen molar-refractivity contribution in [3.05, 3.63) is 27.1 Å². The molecule has 1 N–H and O–H groups in total. The van der Waals surface area contributed by atoms with Crippen LogP contribution in [0.25, 0.3) is 0 Å². The molecule has 1 heterocycles. The number of hydrogen-bond acceptors (Lipinski definition) is 5. The average molecular weight is 200 g/mol. The minimum Gasteiger partial charge on any atom is -0.477 e. The molecule has 1 rings (SSSR count). The zero-order chi connectivity index (χ0) is 9.84. The number of hydrogen-bond donors (Lipinski definition) is 1. The smallest absolute Gasteiger partial charge is 0.324 e. The van der Waals surface area contributed by atoms with Gasteiger partial charge in [-0.1, -0.05) is 11.3 Å². The van der Waals surface area contributed by atoms with Crippen molar-refractivity contribution in [2.75, 3.05) is 6.61 Å². The normalized spacial score (nSPS) is 9.62. The van der Waals surface area contributed by atoms with Crippen LogP contribution in [-0.4, -0.2) is 17.4 Å². The van der Waals surface area contributed by atoms with Crippen molar-refractivity contribution in [1.29, 1.82) is 5.41 Å². The molecule has 0 aliphatic heterocycles. The van der Waals surface area contributed by atoms with E-state index in [0.717, 1.165) is 11.3 Å². The van der Waals surface area contributed by atoms with Crippen LogP contribution in [0.1, 0.15) is 11.8 Å². The summed E-state index contributed by atoms with van der Waals surface area (Å²) in [6.07, 6.45) is 0. The van der Waals surface area contributed by atoms with E-state index in [9.17, 15) is 10.1 Å². The second-order valence-electron chi connectivity index (χ2n) is 2.16. The molecule has 6 heteroatoms. The van der Waals surface area contributed by atoms with Gasteiger partial charge in [-0.3, -0.25) is 15.5 Å². The molecular weight excluding hydrogens is 192 g/mol. The van der Waals surface area contributed by atoms with Crippen molar-refractivity contribution in [3.63, 3.8) is 0 Å². The lowest BCUT2D eigenvalue weighted by Gasteiger charge is -1.99. The molecule has 0 spiro atoms. The van der Waals surface area contributed by atoms with E-state index in [-0.39, 0.29) is 10.9 Å². The van der Waals surface area contributed by atoms with Gasteiger partial charge in [0, 0.05) is 6.07 Å². The van der Waals surface area contributed by atoms with Gasteiger partial charge in [-0.05, 0) is 13.0 Å². The lowest BCUT2D eigenvalue weighted by molar-refractivity contribution is -0.380. The van der Waals surface area contributed by atoms with Crippen LogP contribution in [0, 0.1) is 15.5 Å². The van der Waals surface area contributed by atoms with Gasteiger partial charge in [-0.25, -0.2) is 0 Å². The summed E-state index contributed by atoms with van der Waals surface area (Å²) in [4.78, 5) is 10.3. The Kier molecular flexibility index (Phi) is 2.97.